The molecule has 5 atom stereocenters. The topological polar surface area (TPSA) is 169 Å². The number of hydrogen-bond acceptors (Lipinski definition) is 11. The minimum Gasteiger partial charge on any atom is -0.467 e. The van der Waals surface area contributed by atoms with E-state index in [1.807, 2.05) is 4.98 Å². The van der Waals surface area contributed by atoms with E-state index < -0.39 is 65.8 Å². The Kier molecular flexibility index (Phi) is 7.10. The zero-order valence-corrected chi connectivity index (χ0v) is 16.5. The fourth-order valence-corrected chi connectivity index (χ4v) is 2.95. The lowest BCUT2D eigenvalue weighted by Gasteiger charge is -2.43. The van der Waals surface area contributed by atoms with Crippen molar-refractivity contribution >= 4 is 23.9 Å². The summed E-state index contributed by atoms with van der Waals surface area (Å²) in [5.74, 6) is -3.56. The molecule has 1 aliphatic heterocycles. The number of rotatable bonds is 5. The van der Waals surface area contributed by atoms with Gasteiger partial charge < -0.3 is 23.7 Å². The average molecular weight is 428 g/mol. The van der Waals surface area contributed by atoms with Crippen molar-refractivity contribution in [3.8, 4) is 0 Å². The lowest BCUT2D eigenvalue weighted by Crippen LogP contribution is -2.62. The molecule has 0 bridgehead atoms. The van der Waals surface area contributed by atoms with Gasteiger partial charge in [-0.25, -0.2) is 9.59 Å². The molecule has 0 unspecified atom stereocenters. The third kappa shape index (κ3) is 5.11. The molecule has 1 fully saturated rings. The summed E-state index contributed by atoms with van der Waals surface area (Å²) < 4.78 is 26.6. The maximum atomic E-state index is 12.3. The molecule has 0 amide bonds. The molecule has 0 saturated carbocycles. The monoisotopic (exact) mass is 428 g/mol. The highest BCUT2D eigenvalue weighted by atomic mass is 16.7. The summed E-state index contributed by atoms with van der Waals surface area (Å²) in [6.07, 6.45) is -6.79. The molecule has 0 aliphatic carbocycles. The molecule has 164 valence electrons. The number of aromatic nitrogens is 2. The Morgan fingerprint density at radius 2 is 1.47 bits per heavy atom. The number of carbonyl (C=O) groups excluding carboxylic acids is 4. The first kappa shape index (κ1) is 22.8. The largest absolute Gasteiger partial charge is 0.467 e. The number of methoxy groups -OCH3 is 1. The van der Waals surface area contributed by atoms with Crippen LogP contribution in [0, 0.1) is 0 Å². The van der Waals surface area contributed by atoms with Crippen LogP contribution in [0.25, 0.3) is 0 Å². The Bertz CT molecular complexity index is 950. The Morgan fingerprint density at radius 1 is 0.933 bits per heavy atom. The van der Waals surface area contributed by atoms with Gasteiger partial charge in [-0.05, 0) is 0 Å². The van der Waals surface area contributed by atoms with Crippen molar-refractivity contribution in [2.24, 2.45) is 0 Å². The van der Waals surface area contributed by atoms with E-state index in [9.17, 15) is 28.8 Å². The zero-order chi connectivity index (χ0) is 22.6. The van der Waals surface area contributed by atoms with Crippen molar-refractivity contribution in [1.29, 1.82) is 0 Å². The minimum atomic E-state index is -1.65. The van der Waals surface area contributed by atoms with Gasteiger partial charge in [-0.1, -0.05) is 0 Å². The molecule has 2 rings (SSSR count). The second-order valence-electron chi connectivity index (χ2n) is 6.21. The van der Waals surface area contributed by atoms with E-state index >= 15 is 0 Å². The summed E-state index contributed by atoms with van der Waals surface area (Å²) in [6, 6.07) is 0.988. The predicted molar refractivity (Wildman–Crippen MR) is 93.9 cm³/mol. The van der Waals surface area contributed by atoms with E-state index in [-0.39, 0.29) is 0 Å². The van der Waals surface area contributed by atoms with Crippen LogP contribution >= 0.6 is 0 Å². The summed E-state index contributed by atoms with van der Waals surface area (Å²) in [6.45, 7) is 3.13. The van der Waals surface area contributed by atoms with Gasteiger partial charge in [0.15, 0.2) is 30.6 Å². The molecule has 1 aromatic rings. The van der Waals surface area contributed by atoms with Crippen LogP contribution in [0.2, 0.25) is 0 Å². The average Bonchev–Trinajstić information content (AvgIpc) is 2.63. The maximum absolute atomic E-state index is 12.3. The molecule has 1 aliphatic rings. The standard InChI is InChI=1S/C17H20N2O11/c1-7(20)27-11-12(28-8(2)21)14(16(24)26-4)30-15(13(11)29-9(3)22)19-6-5-10(23)18-17(19)25/h5-6,11-15H,1-4H3,(H,18,23,25)/t11-,12-,13-,14-,15+/m1/s1. The van der Waals surface area contributed by atoms with E-state index in [1.165, 1.54) is 0 Å². The normalized spacial score (nSPS) is 25.7. The quantitative estimate of drug-likeness (QED) is 0.423. The van der Waals surface area contributed by atoms with Gasteiger partial charge >= 0.3 is 29.6 Å². The molecular formula is C17H20N2O11. The van der Waals surface area contributed by atoms with Crippen LogP contribution in [0.5, 0.6) is 0 Å². The van der Waals surface area contributed by atoms with Gasteiger partial charge in [0.2, 0.25) is 0 Å². The SMILES string of the molecule is COC(=O)[C@@H]1O[C@H](n2ccc(=O)[nH]c2=O)[C@H](OC(C)=O)[C@H](OC(C)=O)[C@H]1OC(C)=O. The van der Waals surface area contributed by atoms with Crippen LogP contribution in [0.4, 0.5) is 0 Å². The van der Waals surface area contributed by atoms with Gasteiger partial charge in [-0.3, -0.25) is 28.7 Å². The fraction of sp³-hybridized carbons (Fsp3) is 0.529. The van der Waals surface area contributed by atoms with Crippen LogP contribution in [-0.2, 0) is 42.9 Å². The molecule has 13 nitrogen and oxygen atoms in total. The second kappa shape index (κ2) is 9.35. The first-order valence-electron chi connectivity index (χ1n) is 8.61. The number of hydrogen-bond donors (Lipinski definition) is 1. The summed E-state index contributed by atoms with van der Waals surface area (Å²) in [4.78, 5) is 73.0. The molecule has 30 heavy (non-hydrogen) atoms. The zero-order valence-electron chi connectivity index (χ0n) is 16.5. The smallest absolute Gasteiger partial charge is 0.339 e. The molecule has 1 saturated heterocycles. The van der Waals surface area contributed by atoms with Crippen LogP contribution in [-0.4, -0.2) is 65.0 Å². The Labute approximate surface area is 168 Å². The van der Waals surface area contributed by atoms with Gasteiger partial charge in [0.25, 0.3) is 5.56 Å². The highest BCUT2D eigenvalue weighted by Crippen LogP contribution is 2.34. The summed E-state index contributed by atoms with van der Waals surface area (Å²) >= 11 is 0. The van der Waals surface area contributed by atoms with Crippen molar-refractivity contribution in [3.05, 3.63) is 33.1 Å². The summed E-state index contributed by atoms with van der Waals surface area (Å²) in [5, 5.41) is 0. The van der Waals surface area contributed by atoms with Crippen LogP contribution in [0.1, 0.15) is 27.0 Å². The first-order valence-corrected chi connectivity index (χ1v) is 8.61. The Morgan fingerprint density at radius 3 is 1.97 bits per heavy atom. The van der Waals surface area contributed by atoms with Gasteiger partial charge in [-0.2, -0.15) is 0 Å². The minimum absolute atomic E-state index is 0.713. The van der Waals surface area contributed by atoms with E-state index in [0.717, 1.165) is 44.7 Å². The predicted octanol–water partition coefficient (Wildman–Crippen LogP) is -1.60. The number of esters is 4. The Balaban J connectivity index is 2.66. The van der Waals surface area contributed by atoms with Gasteiger partial charge in [0, 0.05) is 33.0 Å². The van der Waals surface area contributed by atoms with Crippen molar-refractivity contribution < 1.29 is 42.9 Å². The fourth-order valence-electron chi connectivity index (χ4n) is 2.95. The van der Waals surface area contributed by atoms with Crippen molar-refractivity contribution in [2.45, 2.75) is 51.4 Å². The number of carbonyl (C=O) groups is 4. The molecule has 2 heterocycles. The van der Waals surface area contributed by atoms with Gasteiger partial charge in [0.1, 0.15) is 0 Å². The number of H-pyrrole nitrogens is 1. The highest BCUT2D eigenvalue weighted by molar-refractivity contribution is 5.77. The number of aromatic amines is 1. The lowest BCUT2D eigenvalue weighted by atomic mass is 9.96. The first-order chi connectivity index (χ1) is 14.0. The third-order valence-electron chi connectivity index (χ3n) is 3.98. The second-order valence-corrected chi connectivity index (χ2v) is 6.21. The molecule has 1 aromatic heterocycles. The maximum Gasteiger partial charge on any atom is 0.339 e. The van der Waals surface area contributed by atoms with E-state index in [2.05, 4.69) is 4.74 Å². The lowest BCUT2D eigenvalue weighted by molar-refractivity contribution is -0.263. The van der Waals surface area contributed by atoms with Crippen LogP contribution < -0.4 is 11.2 Å². The van der Waals surface area contributed by atoms with Crippen molar-refractivity contribution in [1.82, 2.24) is 9.55 Å². The third-order valence-corrected chi connectivity index (χ3v) is 3.98. The molecule has 0 aromatic carbocycles. The summed E-state index contributed by atoms with van der Waals surface area (Å²) in [7, 11) is 1.04. The van der Waals surface area contributed by atoms with Crippen LogP contribution in [0.3, 0.4) is 0 Å². The highest BCUT2D eigenvalue weighted by Gasteiger charge is 2.55. The molecule has 0 spiro atoms. The van der Waals surface area contributed by atoms with Gasteiger partial charge in [0.05, 0.1) is 7.11 Å². The van der Waals surface area contributed by atoms with Crippen molar-refractivity contribution in [2.75, 3.05) is 7.11 Å². The molecule has 13 heteroatoms. The van der Waals surface area contributed by atoms with E-state index in [0.29, 0.717) is 0 Å². The molecular weight excluding hydrogens is 408 g/mol. The van der Waals surface area contributed by atoms with E-state index in [4.69, 9.17) is 18.9 Å². The molecule has 0 radical (unpaired) electrons. The number of nitrogens with zero attached hydrogens (tertiary/aromatic N) is 1. The summed E-state index contributed by atoms with van der Waals surface area (Å²) in [5.41, 5.74) is -1.67. The molecule has 1 N–H and O–H groups in total. The Hall–Kier alpha value is -3.48. The number of nitrogens with one attached hydrogen (secondary N) is 1. The number of ether oxygens (including phenoxy) is 5. The van der Waals surface area contributed by atoms with E-state index in [1.54, 1.807) is 0 Å². The van der Waals surface area contributed by atoms with Crippen molar-refractivity contribution in [3.63, 3.8) is 0 Å². The van der Waals surface area contributed by atoms with Crippen LogP contribution in [0.15, 0.2) is 21.9 Å². The van der Waals surface area contributed by atoms with Gasteiger partial charge in [-0.15, -0.1) is 0 Å².